The molecule has 1 aromatic carbocycles. The quantitative estimate of drug-likeness (QED) is 0.740. The molecule has 2 aliphatic heterocycles. The molecule has 1 aromatic heterocycles. The van der Waals surface area contributed by atoms with E-state index in [-0.39, 0.29) is 0 Å². The SMILES string of the molecule is OC1(c2ccc3[nH]cc(CCN4CCCC4)c3c2)CCC(CN2C=CC=CC2)CC1. The van der Waals surface area contributed by atoms with Crippen LogP contribution in [0.25, 0.3) is 10.9 Å². The van der Waals surface area contributed by atoms with Crippen molar-refractivity contribution in [2.75, 3.05) is 32.7 Å². The molecule has 160 valence electrons. The maximum absolute atomic E-state index is 11.5. The van der Waals surface area contributed by atoms with Crippen molar-refractivity contribution >= 4 is 10.9 Å². The van der Waals surface area contributed by atoms with Crippen LogP contribution in [0.4, 0.5) is 0 Å². The summed E-state index contributed by atoms with van der Waals surface area (Å²) < 4.78 is 0. The first-order chi connectivity index (χ1) is 14.7. The van der Waals surface area contributed by atoms with Gasteiger partial charge in [0.2, 0.25) is 0 Å². The van der Waals surface area contributed by atoms with Gasteiger partial charge in [-0.3, -0.25) is 0 Å². The second-order valence-corrected chi connectivity index (χ2v) is 9.57. The van der Waals surface area contributed by atoms with Gasteiger partial charge in [-0.1, -0.05) is 18.2 Å². The standard InChI is InChI=1S/C26H35N3O/c30-26(11-8-21(9-12-26)20-29-15-2-1-3-16-29)23-6-7-25-24(18-23)22(19-27-25)10-17-28-13-4-5-14-28/h1-3,6-7,15,18-19,21,27,30H,4-5,8-14,16-17,20H2. The molecule has 2 fully saturated rings. The molecule has 3 heterocycles. The molecule has 0 atom stereocenters. The molecule has 2 aromatic rings. The first-order valence-corrected chi connectivity index (χ1v) is 11.8. The molecule has 0 bridgehead atoms. The number of hydrogen-bond donors (Lipinski definition) is 2. The summed E-state index contributed by atoms with van der Waals surface area (Å²) in [7, 11) is 0. The van der Waals surface area contributed by atoms with Crippen LogP contribution < -0.4 is 0 Å². The van der Waals surface area contributed by atoms with Crippen LogP contribution in [0.3, 0.4) is 0 Å². The van der Waals surface area contributed by atoms with Gasteiger partial charge in [-0.2, -0.15) is 0 Å². The smallest absolute Gasteiger partial charge is 0.0897 e. The zero-order valence-corrected chi connectivity index (χ0v) is 18.0. The van der Waals surface area contributed by atoms with E-state index < -0.39 is 5.60 Å². The Balaban J connectivity index is 1.25. The molecule has 1 aliphatic carbocycles. The molecule has 30 heavy (non-hydrogen) atoms. The van der Waals surface area contributed by atoms with E-state index in [9.17, 15) is 5.11 Å². The number of aromatic nitrogens is 1. The average Bonchev–Trinajstić information content (AvgIpc) is 3.44. The van der Waals surface area contributed by atoms with Gasteiger partial charge in [-0.05, 0) is 99.5 Å². The summed E-state index contributed by atoms with van der Waals surface area (Å²) in [5.74, 6) is 0.674. The number of benzene rings is 1. The summed E-state index contributed by atoms with van der Waals surface area (Å²) in [6, 6.07) is 6.57. The number of likely N-dealkylation sites (tertiary alicyclic amines) is 1. The number of nitrogens with zero attached hydrogens (tertiary/aromatic N) is 2. The summed E-state index contributed by atoms with van der Waals surface area (Å²) in [4.78, 5) is 8.41. The molecular weight excluding hydrogens is 370 g/mol. The highest BCUT2D eigenvalue weighted by molar-refractivity contribution is 5.84. The molecule has 2 N–H and O–H groups in total. The number of hydrogen-bond acceptors (Lipinski definition) is 3. The van der Waals surface area contributed by atoms with E-state index in [1.54, 1.807) is 0 Å². The lowest BCUT2D eigenvalue weighted by atomic mass is 9.75. The van der Waals surface area contributed by atoms with E-state index in [0.29, 0.717) is 5.92 Å². The zero-order valence-electron chi connectivity index (χ0n) is 18.0. The Hall–Kier alpha value is -2.04. The van der Waals surface area contributed by atoms with Crippen molar-refractivity contribution in [1.29, 1.82) is 0 Å². The number of aromatic amines is 1. The molecule has 5 rings (SSSR count). The molecule has 1 saturated carbocycles. The second-order valence-electron chi connectivity index (χ2n) is 9.57. The van der Waals surface area contributed by atoms with Gasteiger partial charge in [0, 0.05) is 36.7 Å². The highest BCUT2D eigenvalue weighted by atomic mass is 16.3. The number of nitrogens with one attached hydrogen (secondary N) is 1. The number of H-pyrrole nitrogens is 1. The number of aliphatic hydroxyl groups is 1. The fraction of sp³-hybridized carbons (Fsp3) is 0.538. The predicted molar refractivity (Wildman–Crippen MR) is 123 cm³/mol. The lowest BCUT2D eigenvalue weighted by Gasteiger charge is -2.38. The highest BCUT2D eigenvalue weighted by Crippen LogP contribution is 2.41. The Morgan fingerprint density at radius 2 is 1.93 bits per heavy atom. The van der Waals surface area contributed by atoms with E-state index in [1.807, 2.05) is 0 Å². The van der Waals surface area contributed by atoms with Crippen LogP contribution in [-0.4, -0.2) is 52.6 Å². The molecule has 3 aliphatic rings. The normalized spacial score (nSPS) is 27.4. The highest BCUT2D eigenvalue weighted by Gasteiger charge is 2.35. The third-order valence-electron chi connectivity index (χ3n) is 7.51. The average molecular weight is 406 g/mol. The topological polar surface area (TPSA) is 42.5 Å². The Kier molecular flexibility index (Phi) is 5.70. The molecule has 0 unspecified atom stereocenters. The third kappa shape index (κ3) is 4.21. The Bertz CT molecular complexity index is 914. The predicted octanol–water partition coefficient (Wildman–Crippen LogP) is 4.57. The van der Waals surface area contributed by atoms with Gasteiger partial charge in [0.15, 0.2) is 0 Å². The molecule has 4 nitrogen and oxygen atoms in total. The minimum atomic E-state index is -0.675. The van der Waals surface area contributed by atoms with Crippen LogP contribution in [0.2, 0.25) is 0 Å². The molecule has 4 heteroatoms. The van der Waals surface area contributed by atoms with Crippen LogP contribution in [0.5, 0.6) is 0 Å². The lowest BCUT2D eigenvalue weighted by Crippen LogP contribution is -2.35. The van der Waals surface area contributed by atoms with Crippen LogP contribution in [0, 0.1) is 5.92 Å². The molecule has 0 spiro atoms. The summed E-state index contributed by atoms with van der Waals surface area (Å²) in [6.07, 6.45) is 18.5. The lowest BCUT2D eigenvalue weighted by molar-refractivity contribution is -0.0165. The van der Waals surface area contributed by atoms with Gasteiger partial charge in [0.25, 0.3) is 0 Å². The van der Waals surface area contributed by atoms with Gasteiger partial charge < -0.3 is 19.9 Å². The van der Waals surface area contributed by atoms with Crippen LogP contribution in [-0.2, 0) is 12.0 Å². The Labute approximate surface area is 180 Å². The molecule has 0 amide bonds. The second kappa shape index (κ2) is 8.60. The largest absolute Gasteiger partial charge is 0.385 e. The van der Waals surface area contributed by atoms with E-state index in [1.165, 1.54) is 42.4 Å². The van der Waals surface area contributed by atoms with Gasteiger partial charge >= 0.3 is 0 Å². The van der Waals surface area contributed by atoms with Crippen molar-refractivity contribution in [2.45, 2.75) is 50.5 Å². The minimum absolute atomic E-state index is 0.674. The summed E-state index contributed by atoms with van der Waals surface area (Å²) in [5.41, 5.74) is 3.01. The Morgan fingerprint density at radius 3 is 2.70 bits per heavy atom. The van der Waals surface area contributed by atoms with Crippen molar-refractivity contribution in [3.05, 3.63) is 60.0 Å². The van der Waals surface area contributed by atoms with E-state index in [2.05, 4.69) is 63.6 Å². The maximum atomic E-state index is 11.5. The van der Waals surface area contributed by atoms with Gasteiger partial charge in [0.1, 0.15) is 0 Å². The van der Waals surface area contributed by atoms with Crippen molar-refractivity contribution < 1.29 is 5.11 Å². The maximum Gasteiger partial charge on any atom is 0.0897 e. The molecule has 0 radical (unpaired) electrons. The fourth-order valence-electron chi connectivity index (χ4n) is 5.56. The monoisotopic (exact) mass is 405 g/mol. The summed E-state index contributed by atoms with van der Waals surface area (Å²) in [6.45, 7) is 5.76. The summed E-state index contributed by atoms with van der Waals surface area (Å²) in [5, 5.41) is 12.8. The molecular formula is C26H35N3O. The van der Waals surface area contributed by atoms with Crippen molar-refractivity contribution in [1.82, 2.24) is 14.8 Å². The van der Waals surface area contributed by atoms with Crippen LogP contribution >= 0.6 is 0 Å². The zero-order chi connectivity index (χ0) is 20.4. The van der Waals surface area contributed by atoms with Crippen molar-refractivity contribution in [3.63, 3.8) is 0 Å². The van der Waals surface area contributed by atoms with Crippen molar-refractivity contribution in [2.24, 2.45) is 5.92 Å². The van der Waals surface area contributed by atoms with E-state index in [4.69, 9.17) is 0 Å². The third-order valence-corrected chi connectivity index (χ3v) is 7.51. The van der Waals surface area contributed by atoms with E-state index in [0.717, 1.165) is 57.3 Å². The van der Waals surface area contributed by atoms with Crippen molar-refractivity contribution in [3.8, 4) is 0 Å². The van der Waals surface area contributed by atoms with Crippen LogP contribution in [0.15, 0.2) is 48.8 Å². The number of allylic oxidation sites excluding steroid dienone is 2. The van der Waals surface area contributed by atoms with Gasteiger partial charge in [-0.15, -0.1) is 0 Å². The number of rotatable bonds is 6. The minimum Gasteiger partial charge on any atom is -0.385 e. The number of fused-ring (bicyclic) bond motifs is 1. The van der Waals surface area contributed by atoms with Gasteiger partial charge in [0.05, 0.1) is 5.60 Å². The van der Waals surface area contributed by atoms with E-state index >= 15 is 0 Å². The molecule has 1 saturated heterocycles. The first-order valence-electron chi connectivity index (χ1n) is 11.8. The first kappa shape index (κ1) is 19.9. The van der Waals surface area contributed by atoms with Gasteiger partial charge in [-0.25, -0.2) is 0 Å². The Morgan fingerprint density at radius 1 is 1.10 bits per heavy atom. The van der Waals surface area contributed by atoms with Crippen LogP contribution in [0.1, 0.15) is 49.7 Å². The summed E-state index contributed by atoms with van der Waals surface area (Å²) >= 11 is 0. The fourth-order valence-corrected chi connectivity index (χ4v) is 5.56.